The maximum Gasteiger partial charge on any atom is 0.251 e. The van der Waals surface area contributed by atoms with Crippen LogP contribution in [-0.4, -0.2) is 64.4 Å². The molecule has 5 rings (SSSR count). The van der Waals surface area contributed by atoms with Crippen molar-refractivity contribution < 1.29 is 28.9 Å². The number of aliphatic hydroxyl groups excluding tert-OH is 1. The van der Waals surface area contributed by atoms with Gasteiger partial charge in [-0.1, -0.05) is 24.3 Å². The Labute approximate surface area is 216 Å². The number of aromatic nitrogens is 2. The molecule has 1 aliphatic rings. The van der Waals surface area contributed by atoms with Crippen LogP contribution in [0.2, 0.25) is 0 Å². The van der Waals surface area contributed by atoms with E-state index in [0.717, 1.165) is 10.9 Å². The summed E-state index contributed by atoms with van der Waals surface area (Å²) in [6.45, 7) is 1.04. The Morgan fingerprint density at radius 2 is 1.82 bits per heavy atom. The number of hydrogen-bond acceptors (Lipinski definition) is 8. The summed E-state index contributed by atoms with van der Waals surface area (Å²) in [5, 5.41) is 37.8. The number of phenolic OH excluding ortho intramolecular Hbond substituents is 1. The molecule has 0 spiro atoms. The minimum atomic E-state index is -1.09. The molecule has 10 nitrogen and oxygen atoms in total. The number of aromatic amines is 1. The minimum absolute atomic E-state index is 0.130. The molecule has 1 saturated heterocycles. The van der Waals surface area contributed by atoms with Gasteiger partial charge in [0.05, 0.1) is 24.9 Å². The lowest BCUT2D eigenvalue weighted by molar-refractivity contribution is 0.0907. The number of halogens is 1. The molecule has 3 atom stereocenters. The Hall–Kier alpha value is -4.32. The Morgan fingerprint density at radius 3 is 2.58 bits per heavy atom. The molecule has 1 aliphatic heterocycles. The normalized spacial score (nSPS) is 17.9. The van der Waals surface area contributed by atoms with Crippen molar-refractivity contribution in [1.29, 1.82) is 0 Å². The number of H-pyrrole nitrogens is 1. The molecule has 196 valence electrons. The van der Waals surface area contributed by atoms with E-state index >= 15 is 0 Å². The van der Waals surface area contributed by atoms with Crippen LogP contribution in [0, 0.1) is 5.82 Å². The quantitative estimate of drug-likeness (QED) is 0.153. The summed E-state index contributed by atoms with van der Waals surface area (Å²) in [4.78, 5) is 25.7. The number of nitrogens with zero attached hydrogens (tertiary/aromatic N) is 1. The van der Waals surface area contributed by atoms with Crippen LogP contribution in [0.1, 0.15) is 38.1 Å². The van der Waals surface area contributed by atoms with Crippen molar-refractivity contribution in [2.45, 2.75) is 18.3 Å². The topological polar surface area (TPSA) is 149 Å². The highest BCUT2D eigenvalue weighted by Gasteiger charge is 2.30. The summed E-state index contributed by atoms with van der Waals surface area (Å²) in [6.07, 6.45) is 0.561. The molecule has 0 saturated carbocycles. The van der Waals surface area contributed by atoms with Gasteiger partial charge in [-0.25, -0.2) is 4.39 Å². The zero-order valence-electron chi connectivity index (χ0n) is 20.4. The third-order valence-corrected chi connectivity index (χ3v) is 6.63. The van der Waals surface area contributed by atoms with Crippen molar-refractivity contribution in [3.8, 4) is 11.5 Å². The lowest BCUT2D eigenvalue weighted by atomic mass is 9.99. The SMILES string of the molecule is COc1ccc(O)c(C(=O)c2ccc(C(O)N[C@@H]3CNC[C@H]3NC(=O)c3ccc4[nH]ncc4c3)cc2)c1F. The molecule has 0 aliphatic carbocycles. The lowest BCUT2D eigenvalue weighted by Gasteiger charge is -2.24. The van der Waals surface area contributed by atoms with Crippen LogP contribution >= 0.6 is 0 Å². The number of carbonyl (C=O) groups excluding carboxylic acids is 2. The van der Waals surface area contributed by atoms with E-state index < -0.39 is 29.1 Å². The summed E-state index contributed by atoms with van der Waals surface area (Å²) in [5.74, 6) is -2.56. The predicted octanol–water partition coefficient (Wildman–Crippen LogP) is 2.00. The fourth-order valence-corrected chi connectivity index (χ4v) is 4.52. The fourth-order valence-electron chi connectivity index (χ4n) is 4.52. The maximum absolute atomic E-state index is 14.6. The van der Waals surface area contributed by atoms with Gasteiger partial charge in [0, 0.05) is 35.6 Å². The van der Waals surface area contributed by atoms with Crippen LogP contribution in [0.5, 0.6) is 11.5 Å². The van der Waals surface area contributed by atoms with Crippen LogP contribution in [0.15, 0.2) is 60.8 Å². The smallest absolute Gasteiger partial charge is 0.251 e. The van der Waals surface area contributed by atoms with Crippen molar-refractivity contribution in [3.63, 3.8) is 0 Å². The Balaban J connectivity index is 1.24. The van der Waals surface area contributed by atoms with E-state index in [9.17, 15) is 24.2 Å². The second kappa shape index (κ2) is 10.6. The zero-order chi connectivity index (χ0) is 26.8. The fraction of sp³-hybridized carbons (Fsp3) is 0.222. The number of aromatic hydroxyl groups is 1. The Kier molecular flexibility index (Phi) is 7.05. The number of amides is 1. The molecule has 1 aromatic heterocycles. The third kappa shape index (κ3) is 4.94. The molecule has 3 aromatic carbocycles. The molecule has 2 heterocycles. The van der Waals surface area contributed by atoms with Gasteiger partial charge in [-0.2, -0.15) is 5.10 Å². The largest absolute Gasteiger partial charge is 0.507 e. The maximum atomic E-state index is 14.6. The number of hydrogen-bond donors (Lipinski definition) is 6. The summed E-state index contributed by atoms with van der Waals surface area (Å²) >= 11 is 0. The van der Waals surface area contributed by atoms with Crippen molar-refractivity contribution in [3.05, 3.63) is 88.9 Å². The molecular formula is C27H26FN5O5. The highest BCUT2D eigenvalue weighted by molar-refractivity contribution is 6.11. The third-order valence-electron chi connectivity index (χ3n) is 6.63. The summed E-state index contributed by atoms with van der Waals surface area (Å²) in [6, 6.07) is 13.1. The highest BCUT2D eigenvalue weighted by Crippen LogP contribution is 2.30. The number of ether oxygens (including phenoxy) is 1. The molecule has 1 fully saturated rings. The second-order valence-electron chi connectivity index (χ2n) is 9.01. The van der Waals surface area contributed by atoms with Crippen LogP contribution in [-0.2, 0) is 0 Å². The Morgan fingerprint density at radius 1 is 1.08 bits per heavy atom. The first kappa shape index (κ1) is 25.3. The van der Waals surface area contributed by atoms with Gasteiger partial charge < -0.3 is 25.6 Å². The number of rotatable bonds is 8. The van der Waals surface area contributed by atoms with Gasteiger partial charge in [0.25, 0.3) is 5.91 Å². The van der Waals surface area contributed by atoms with Gasteiger partial charge in [-0.05, 0) is 35.9 Å². The van der Waals surface area contributed by atoms with Gasteiger partial charge in [-0.3, -0.25) is 20.0 Å². The number of phenols is 1. The lowest BCUT2D eigenvalue weighted by Crippen LogP contribution is -2.50. The summed E-state index contributed by atoms with van der Waals surface area (Å²) < 4.78 is 19.5. The number of benzene rings is 3. The molecule has 0 bridgehead atoms. The molecule has 1 amide bonds. The number of aliphatic hydroxyl groups is 1. The molecule has 1 unspecified atom stereocenters. The van der Waals surface area contributed by atoms with Gasteiger partial charge in [0.15, 0.2) is 17.3 Å². The van der Waals surface area contributed by atoms with Crippen molar-refractivity contribution in [2.24, 2.45) is 0 Å². The first-order valence-corrected chi connectivity index (χ1v) is 11.9. The predicted molar refractivity (Wildman–Crippen MR) is 137 cm³/mol. The number of ketones is 1. The molecular weight excluding hydrogens is 493 g/mol. The van der Waals surface area contributed by atoms with E-state index in [-0.39, 0.29) is 29.3 Å². The highest BCUT2D eigenvalue weighted by atomic mass is 19.1. The van der Waals surface area contributed by atoms with E-state index in [2.05, 4.69) is 26.1 Å². The van der Waals surface area contributed by atoms with Crippen molar-refractivity contribution in [1.82, 2.24) is 26.1 Å². The first-order valence-electron chi connectivity index (χ1n) is 11.9. The van der Waals surface area contributed by atoms with E-state index in [1.54, 1.807) is 24.4 Å². The average Bonchev–Trinajstić information content (AvgIpc) is 3.57. The zero-order valence-corrected chi connectivity index (χ0v) is 20.4. The van der Waals surface area contributed by atoms with Crippen LogP contribution < -0.4 is 20.7 Å². The number of methoxy groups -OCH3 is 1. The number of carbonyl (C=O) groups is 2. The van der Waals surface area contributed by atoms with Gasteiger partial charge >= 0.3 is 0 Å². The number of fused-ring (bicyclic) bond motifs is 1. The monoisotopic (exact) mass is 519 g/mol. The summed E-state index contributed by atoms with van der Waals surface area (Å²) in [7, 11) is 1.27. The van der Waals surface area contributed by atoms with Crippen molar-refractivity contribution in [2.75, 3.05) is 20.2 Å². The Bertz CT molecular complexity index is 1490. The average molecular weight is 520 g/mol. The van der Waals surface area contributed by atoms with Gasteiger partial charge in [0.2, 0.25) is 0 Å². The van der Waals surface area contributed by atoms with Crippen molar-refractivity contribution >= 4 is 22.6 Å². The second-order valence-corrected chi connectivity index (χ2v) is 9.01. The standard InChI is InChI=1S/C27H26FN5O5/c1-38-22-9-8-21(34)23(24(22)28)25(35)14-2-4-15(5-3-14)26(36)31-19-12-29-13-20(19)32-27(37)16-6-7-18-17(10-16)11-30-33-18/h2-11,19-20,26,29,31,34,36H,12-13H2,1H3,(H,30,33)(H,32,37)/t19-,20-,26?/m1/s1. The summed E-state index contributed by atoms with van der Waals surface area (Å²) in [5.41, 5.74) is 1.46. The van der Waals surface area contributed by atoms with Crippen LogP contribution in [0.3, 0.4) is 0 Å². The van der Waals surface area contributed by atoms with Crippen LogP contribution in [0.4, 0.5) is 4.39 Å². The molecule has 6 N–H and O–H groups in total. The molecule has 11 heteroatoms. The molecule has 38 heavy (non-hydrogen) atoms. The van der Waals surface area contributed by atoms with E-state index in [1.807, 2.05) is 0 Å². The van der Waals surface area contributed by atoms with E-state index in [1.165, 1.54) is 43.5 Å². The van der Waals surface area contributed by atoms with Gasteiger partial charge in [0.1, 0.15) is 17.5 Å². The van der Waals surface area contributed by atoms with Gasteiger partial charge in [-0.15, -0.1) is 0 Å². The molecule has 0 radical (unpaired) electrons. The van der Waals surface area contributed by atoms with Crippen LogP contribution in [0.25, 0.3) is 10.9 Å². The minimum Gasteiger partial charge on any atom is -0.507 e. The molecule has 4 aromatic rings. The van der Waals surface area contributed by atoms with E-state index in [4.69, 9.17) is 4.74 Å². The first-order chi connectivity index (χ1) is 18.4. The number of nitrogens with one attached hydrogen (secondary N) is 4. The van der Waals surface area contributed by atoms with E-state index in [0.29, 0.717) is 24.2 Å².